The maximum Gasteiger partial charge on any atom is 0.321 e. The van der Waals surface area contributed by atoms with Crippen LogP contribution in [0, 0.1) is 5.82 Å². The van der Waals surface area contributed by atoms with Crippen molar-refractivity contribution in [1.82, 2.24) is 10.3 Å². The Morgan fingerprint density at radius 3 is 2.72 bits per heavy atom. The van der Waals surface area contributed by atoms with E-state index >= 15 is 0 Å². The van der Waals surface area contributed by atoms with E-state index in [-0.39, 0.29) is 17.9 Å². The highest BCUT2D eigenvalue weighted by Gasteiger charge is 2.10. The van der Waals surface area contributed by atoms with E-state index in [2.05, 4.69) is 15.6 Å². The Bertz CT molecular complexity index is 513. The summed E-state index contributed by atoms with van der Waals surface area (Å²) in [5.74, 6) is -0.293. The fourth-order valence-electron chi connectivity index (χ4n) is 1.45. The number of carbonyl (C=O) groups is 1. The highest BCUT2D eigenvalue weighted by molar-refractivity contribution is 7.13. The van der Waals surface area contributed by atoms with Crippen molar-refractivity contribution in [3.8, 4) is 0 Å². The highest BCUT2D eigenvalue weighted by atomic mass is 32.1. The molecule has 18 heavy (non-hydrogen) atoms. The van der Waals surface area contributed by atoms with E-state index < -0.39 is 0 Å². The number of thiazole rings is 1. The second-order valence-corrected chi connectivity index (χ2v) is 4.60. The quantitative estimate of drug-likeness (QED) is 0.895. The zero-order valence-corrected chi connectivity index (χ0v) is 10.5. The van der Waals surface area contributed by atoms with Crippen LogP contribution < -0.4 is 10.6 Å². The standard InChI is InChI=1S/C12H12FN3OS/c1-8(9-2-4-10(13)5-3-9)15-11(17)16-12-14-6-7-18-12/h2-8H,1H3,(H2,14,15,16,17). The van der Waals surface area contributed by atoms with Gasteiger partial charge < -0.3 is 5.32 Å². The summed E-state index contributed by atoms with van der Waals surface area (Å²) >= 11 is 1.34. The average Bonchev–Trinajstić information content (AvgIpc) is 2.82. The van der Waals surface area contributed by atoms with Crippen molar-refractivity contribution in [1.29, 1.82) is 0 Å². The molecule has 0 fully saturated rings. The third-order valence-electron chi connectivity index (χ3n) is 2.37. The Morgan fingerprint density at radius 1 is 1.39 bits per heavy atom. The van der Waals surface area contributed by atoms with Crippen LogP contribution >= 0.6 is 11.3 Å². The molecule has 2 aromatic rings. The Morgan fingerprint density at radius 2 is 2.11 bits per heavy atom. The van der Waals surface area contributed by atoms with Crippen molar-refractivity contribution in [3.63, 3.8) is 0 Å². The topological polar surface area (TPSA) is 54.0 Å². The second kappa shape index (κ2) is 5.59. The van der Waals surface area contributed by atoms with Gasteiger partial charge >= 0.3 is 6.03 Å². The molecule has 1 atom stereocenters. The van der Waals surface area contributed by atoms with Crippen LogP contribution in [-0.4, -0.2) is 11.0 Å². The Labute approximate surface area is 108 Å². The molecule has 1 heterocycles. The lowest BCUT2D eigenvalue weighted by atomic mass is 10.1. The number of benzene rings is 1. The SMILES string of the molecule is CC(NC(=O)Nc1nccs1)c1ccc(F)cc1. The summed E-state index contributed by atoms with van der Waals surface area (Å²) in [6, 6.07) is 5.48. The Kier molecular flexibility index (Phi) is 3.88. The molecule has 0 spiro atoms. The molecule has 0 saturated heterocycles. The first kappa shape index (κ1) is 12.5. The largest absolute Gasteiger partial charge is 0.331 e. The number of aromatic nitrogens is 1. The number of amides is 2. The smallest absolute Gasteiger partial charge is 0.321 e. The summed E-state index contributed by atoms with van der Waals surface area (Å²) in [6.07, 6.45) is 1.61. The van der Waals surface area contributed by atoms with E-state index in [1.165, 1.54) is 23.5 Å². The summed E-state index contributed by atoms with van der Waals surface area (Å²) in [7, 11) is 0. The van der Waals surface area contributed by atoms with E-state index in [1.807, 2.05) is 6.92 Å². The molecule has 1 unspecified atom stereocenters. The lowest BCUT2D eigenvalue weighted by Crippen LogP contribution is -2.31. The van der Waals surface area contributed by atoms with Crippen LogP contribution in [-0.2, 0) is 0 Å². The van der Waals surface area contributed by atoms with E-state index in [4.69, 9.17) is 0 Å². The molecule has 0 saturated carbocycles. The molecule has 2 amide bonds. The molecule has 2 N–H and O–H groups in total. The third kappa shape index (κ3) is 3.27. The fourth-order valence-corrected chi connectivity index (χ4v) is 1.97. The van der Waals surface area contributed by atoms with E-state index in [9.17, 15) is 9.18 Å². The Hall–Kier alpha value is -1.95. The minimum absolute atomic E-state index is 0.203. The molecule has 0 aliphatic carbocycles. The molecular weight excluding hydrogens is 253 g/mol. The number of hydrogen-bond acceptors (Lipinski definition) is 3. The van der Waals surface area contributed by atoms with E-state index in [1.54, 1.807) is 23.7 Å². The monoisotopic (exact) mass is 265 g/mol. The van der Waals surface area contributed by atoms with Crippen LogP contribution in [0.3, 0.4) is 0 Å². The number of nitrogens with one attached hydrogen (secondary N) is 2. The van der Waals surface area contributed by atoms with Gasteiger partial charge in [-0.1, -0.05) is 12.1 Å². The summed E-state index contributed by atoms with van der Waals surface area (Å²) in [4.78, 5) is 15.6. The van der Waals surface area contributed by atoms with Crippen LogP contribution in [0.5, 0.6) is 0 Å². The number of nitrogens with zero attached hydrogens (tertiary/aromatic N) is 1. The maximum atomic E-state index is 12.8. The molecule has 4 nitrogen and oxygen atoms in total. The molecule has 1 aromatic heterocycles. The number of hydrogen-bond donors (Lipinski definition) is 2. The molecule has 1 aromatic carbocycles. The number of rotatable bonds is 3. The number of urea groups is 1. The summed E-state index contributed by atoms with van der Waals surface area (Å²) < 4.78 is 12.8. The van der Waals surface area contributed by atoms with Gasteiger partial charge in [-0.15, -0.1) is 11.3 Å². The number of halogens is 1. The van der Waals surface area contributed by atoms with E-state index in [0.29, 0.717) is 5.13 Å². The van der Waals surface area contributed by atoms with Crippen molar-refractivity contribution >= 4 is 22.5 Å². The van der Waals surface area contributed by atoms with Crippen molar-refractivity contribution in [2.45, 2.75) is 13.0 Å². The van der Waals surface area contributed by atoms with Crippen molar-refractivity contribution in [2.75, 3.05) is 5.32 Å². The van der Waals surface area contributed by atoms with Crippen LogP contribution in [0.15, 0.2) is 35.8 Å². The van der Waals surface area contributed by atoms with Gasteiger partial charge in [0.2, 0.25) is 0 Å². The first-order valence-electron chi connectivity index (χ1n) is 5.37. The molecular formula is C12H12FN3OS. The van der Waals surface area contributed by atoms with Gasteiger partial charge in [0.1, 0.15) is 5.82 Å². The van der Waals surface area contributed by atoms with E-state index in [0.717, 1.165) is 5.56 Å². The van der Waals surface area contributed by atoms with Crippen LogP contribution in [0.4, 0.5) is 14.3 Å². The lowest BCUT2D eigenvalue weighted by molar-refractivity contribution is 0.249. The predicted octanol–water partition coefficient (Wildman–Crippen LogP) is 3.16. The molecule has 6 heteroatoms. The molecule has 0 aliphatic rings. The van der Waals surface area contributed by atoms with Crippen molar-refractivity contribution in [2.24, 2.45) is 0 Å². The van der Waals surface area contributed by atoms with Crippen LogP contribution in [0.1, 0.15) is 18.5 Å². The zero-order chi connectivity index (χ0) is 13.0. The summed E-state index contributed by atoms with van der Waals surface area (Å²) in [5, 5.41) is 7.68. The van der Waals surface area contributed by atoms with Gasteiger partial charge in [-0.25, -0.2) is 14.2 Å². The first-order valence-corrected chi connectivity index (χ1v) is 6.25. The fraction of sp³-hybridized carbons (Fsp3) is 0.167. The minimum Gasteiger partial charge on any atom is -0.331 e. The molecule has 2 rings (SSSR count). The first-order chi connectivity index (χ1) is 8.65. The van der Waals surface area contributed by atoms with Gasteiger partial charge in [-0.2, -0.15) is 0 Å². The second-order valence-electron chi connectivity index (χ2n) is 3.71. The Balaban J connectivity index is 1.92. The van der Waals surface area contributed by atoms with Gasteiger partial charge in [-0.3, -0.25) is 5.32 Å². The van der Waals surface area contributed by atoms with Crippen molar-refractivity contribution < 1.29 is 9.18 Å². The number of anilines is 1. The molecule has 94 valence electrons. The normalized spacial score (nSPS) is 11.9. The van der Waals surface area contributed by atoms with Crippen LogP contribution in [0.2, 0.25) is 0 Å². The number of carbonyl (C=O) groups excluding carboxylic acids is 1. The van der Waals surface area contributed by atoms with Gasteiger partial charge in [0.25, 0.3) is 0 Å². The molecule has 0 aliphatic heterocycles. The summed E-state index contributed by atoms with van der Waals surface area (Å²) in [6.45, 7) is 1.83. The van der Waals surface area contributed by atoms with Gasteiger partial charge in [-0.05, 0) is 24.6 Å². The highest BCUT2D eigenvalue weighted by Crippen LogP contribution is 2.14. The molecule has 0 radical (unpaired) electrons. The average molecular weight is 265 g/mol. The lowest BCUT2D eigenvalue weighted by Gasteiger charge is -2.14. The minimum atomic E-state index is -0.332. The van der Waals surface area contributed by atoms with Crippen molar-refractivity contribution in [3.05, 3.63) is 47.2 Å². The molecule has 0 bridgehead atoms. The third-order valence-corrected chi connectivity index (χ3v) is 3.06. The van der Waals surface area contributed by atoms with Gasteiger partial charge in [0.05, 0.1) is 6.04 Å². The van der Waals surface area contributed by atoms with Gasteiger partial charge in [0, 0.05) is 11.6 Å². The predicted molar refractivity (Wildman–Crippen MR) is 69.1 cm³/mol. The van der Waals surface area contributed by atoms with Gasteiger partial charge in [0.15, 0.2) is 5.13 Å². The zero-order valence-electron chi connectivity index (χ0n) is 9.68. The van der Waals surface area contributed by atoms with Crippen LogP contribution in [0.25, 0.3) is 0 Å². The summed E-state index contributed by atoms with van der Waals surface area (Å²) in [5.41, 5.74) is 0.839. The maximum absolute atomic E-state index is 12.8.